The minimum atomic E-state index is -0.130. The Morgan fingerprint density at radius 1 is 0.881 bits per heavy atom. The molecule has 6 heteroatoms. The molecule has 42 heavy (non-hydrogen) atoms. The van der Waals surface area contributed by atoms with Gasteiger partial charge in [0.25, 0.3) is 5.91 Å². The fourth-order valence-corrected chi connectivity index (χ4v) is 5.75. The van der Waals surface area contributed by atoms with Gasteiger partial charge in [-0.05, 0) is 42.5 Å². The number of carbonyl (C=O) groups excluding carboxylic acids is 1. The van der Waals surface area contributed by atoms with Crippen molar-refractivity contribution in [3.05, 3.63) is 75.7 Å². The van der Waals surface area contributed by atoms with Gasteiger partial charge in [-0.3, -0.25) is 4.79 Å². The molecular weight excluding hydrogens is 604 g/mol. The molecule has 2 aromatic carbocycles. The van der Waals surface area contributed by atoms with Crippen molar-refractivity contribution >= 4 is 22.9 Å². The van der Waals surface area contributed by atoms with Crippen LogP contribution in [0, 0.1) is 6.92 Å². The first-order valence-electron chi connectivity index (χ1n) is 15.9. The van der Waals surface area contributed by atoms with Crippen molar-refractivity contribution in [3.8, 4) is 5.75 Å². The van der Waals surface area contributed by atoms with Crippen molar-refractivity contribution in [2.75, 3.05) is 11.9 Å². The summed E-state index contributed by atoms with van der Waals surface area (Å²) in [5.74, 6) is 0.549. The zero-order valence-corrected chi connectivity index (χ0v) is 29.0. The predicted molar refractivity (Wildman–Crippen MR) is 174 cm³/mol. The molecule has 0 unspecified atom stereocenters. The summed E-state index contributed by atoms with van der Waals surface area (Å²) < 4.78 is 8.45. The van der Waals surface area contributed by atoms with E-state index < -0.39 is 0 Å². The number of halogens is 1. The van der Waals surface area contributed by atoms with E-state index in [1.165, 1.54) is 81.1 Å². The Labute approximate surface area is 270 Å². The Hall–Kier alpha value is -2.18. The van der Waals surface area contributed by atoms with E-state index in [-0.39, 0.29) is 28.3 Å². The number of carbonyl (C=O) groups is 1. The highest BCUT2D eigenvalue weighted by molar-refractivity contribution is 7.09. The average molecular weight is 658 g/mol. The fourth-order valence-electron chi connectivity index (χ4n) is 5.12. The first-order chi connectivity index (χ1) is 19.8. The standard InChI is InChI=1S/C36H52N2O2S.BrH/c1-6-7-8-9-10-11-12-13-14-15-16-19-24-40-34-25-31(36(3,4)5)22-23-32(34)35(39)37-33-21-18-17-20-30(33)27-38-26-29(2)41-28-38;/h17-18,20-23,25-26,28H,6-16,19,24,27H2,1-5H3;1H. The number of unbranched alkanes of at least 4 members (excludes halogenated alkanes) is 11. The van der Waals surface area contributed by atoms with E-state index in [1.54, 1.807) is 11.3 Å². The van der Waals surface area contributed by atoms with E-state index in [4.69, 9.17) is 4.74 Å². The lowest BCUT2D eigenvalue weighted by Crippen LogP contribution is -3.00. The van der Waals surface area contributed by atoms with E-state index in [2.05, 4.69) is 74.4 Å². The molecule has 0 atom stereocenters. The van der Waals surface area contributed by atoms with Crippen LogP contribution in [0.3, 0.4) is 0 Å². The number of benzene rings is 2. The summed E-state index contributed by atoms with van der Waals surface area (Å²) in [6.07, 6.45) is 17.9. The molecule has 3 rings (SSSR count). The van der Waals surface area contributed by atoms with E-state index in [0.717, 1.165) is 17.7 Å². The predicted octanol–water partition coefficient (Wildman–Crippen LogP) is 7.03. The molecule has 0 aliphatic carbocycles. The van der Waals surface area contributed by atoms with Crippen LogP contribution in [-0.2, 0) is 12.0 Å². The number of rotatable bonds is 18. The number of aryl methyl sites for hydroxylation is 1. The summed E-state index contributed by atoms with van der Waals surface area (Å²) in [5, 5.41) is 3.17. The molecule has 4 nitrogen and oxygen atoms in total. The number of ether oxygens (including phenoxy) is 1. The van der Waals surface area contributed by atoms with Gasteiger partial charge in [-0.15, -0.1) is 0 Å². The molecule has 0 bridgehead atoms. The molecule has 1 aromatic heterocycles. The maximum atomic E-state index is 13.5. The Morgan fingerprint density at radius 2 is 1.50 bits per heavy atom. The van der Waals surface area contributed by atoms with Crippen LogP contribution in [0.2, 0.25) is 0 Å². The highest BCUT2D eigenvalue weighted by Gasteiger charge is 2.20. The van der Waals surface area contributed by atoms with Crippen molar-refractivity contribution in [1.29, 1.82) is 0 Å². The van der Waals surface area contributed by atoms with Crippen LogP contribution in [-0.4, -0.2) is 12.5 Å². The number of thiazole rings is 1. The van der Waals surface area contributed by atoms with E-state index in [9.17, 15) is 4.79 Å². The zero-order valence-electron chi connectivity index (χ0n) is 26.6. The minimum absolute atomic E-state index is 0. The first kappa shape index (κ1) is 36.0. The molecule has 0 saturated carbocycles. The van der Waals surface area contributed by atoms with Gasteiger partial charge in [-0.2, -0.15) is 4.57 Å². The second-order valence-corrected chi connectivity index (χ2v) is 13.5. The van der Waals surface area contributed by atoms with Gasteiger partial charge in [0, 0.05) is 5.56 Å². The molecule has 3 aromatic rings. The lowest BCUT2D eigenvalue weighted by atomic mass is 9.86. The molecule has 0 spiro atoms. The molecule has 0 aliphatic heterocycles. The van der Waals surface area contributed by atoms with Crippen LogP contribution in [0.5, 0.6) is 5.75 Å². The highest BCUT2D eigenvalue weighted by atomic mass is 79.9. The van der Waals surface area contributed by atoms with Crippen LogP contribution in [0.15, 0.2) is 54.2 Å². The van der Waals surface area contributed by atoms with Crippen molar-refractivity contribution < 1.29 is 31.1 Å². The summed E-state index contributed by atoms with van der Waals surface area (Å²) in [5.41, 5.74) is 5.76. The van der Waals surface area contributed by atoms with Gasteiger partial charge in [0.05, 0.1) is 22.7 Å². The van der Waals surface area contributed by atoms with E-state index in [1.807, 2.05) is 24.3 Å². The Balaban J connectivity index is 0.00000616. The molecule has 0 fully saturated rings. The van der Waals surface area contributed by atoms with Gasteiger partial charge in [0.1, 0.15) is 5.75 Å². The topological polar surface area (TPSA) is 42.2 Å². The van der Waals surface area contributed by atoms with Gasteiger partial charge in [-0.25, -0.2) is 0 Å². The van der Waals surface area contributed by atoms with Crippen LogP contribution >= 0.6 is 11.3 Å². The molecule has 1 heterocycles. The highest BCUT2D eigenvalue weighted by Crippen LogP contribution is 2.30. The molecule has 0 radical (unpaired) electrons. The number of nitrogens with one attached hydrogen (secondary N) is 1. The number of para-hydroxylation sites is 1. The van der Waals surface area contributed by atoms with Gasteiger partial charge in [0.2, 0.25) is 5.51 Å². The van der Waals surface area contributed by atoms with E-state index >= 15 is 0 Å². The van der Waals surface area contributed by atoms with Gasteiger partial charge in [-0.1, -0.05) is 134 Å². The SMILES string of the molecule is CCCCCCCCCCCCCCOc1cc(C(C)(C)C)ccc1C(=O)Nc1ccccc1C[n+]1csc(C)c1.[Br-]. The second kappa shape index (κ2) is 19.2. The average Bonchev–Trinajstić information content (AvgIpc) is 3.36. The van der Waals surface area contributed by atoms with E-state index in [0.29, 0.717) is 24.5 Å². The lowest BCUT2D eigenvalue weighted by Gasteiger charge is -2.21. The normalized spacial score (nSPS) is 11.3. The second-order valence-electron chi connectivity index (χ2n) is 12.4. The Morgan fingerprint density at radius 3 is 2.10 bits per heavy atom. The number of amides is 1. The molecular formula is C36H53BrN2O2S. The maximum Gasteiger partial charge on any atom is 0.259 e. The number of anilines is 1. The van der Waals surface area contributed by atoms with Crippen molar-refractivity contribution in [2.24, 2.45) is 0 Å². The minimum Gasteiger partial charge on any atom is -1.00 e. The Kier molecular flexibility index (Phi) is 16.4. The van der Waals surface area contributed by atoms with Crippen LogP contribution in [0.4, 0.5) is 5.69 Å². The third-order valence-corrected chi connectivity index (χ3v) is 8.54. The molecule has 232 valence electrons. The summed E-state index contributed by atoms with van der Waals surface area (Å²) in [6, 6.07) is 14.1. The maximum absolute atomic E-state index is 13.5. The van der Waals surface area contributed by atoms with Crippen molar-refractivity contribution in [1.82, 2.24) is 0 Å². The van der Waals surface area contributed by atoms with Crippen molar-refractivity contribution in [2.45, 2.75) is 124 Å². The fraction of sp³-hybridized carbons (Fsp3) is 0.556. The summed E-state index contributed by atoms with van der Waals surface area (Å²) >= 11 is 1.72. The largest absolute Gasteiger partial charge is 1.00 e. The molecule has 1 amide bonds. The third-order valence-electron chi connectivity index (χ3n) is 7.69. The van der Waals surface area contributed by atoms with Crippen molar-refractivity contribution in [3.63, 3.8) is 0 Å². The molecule has 0 saturated heterocycles. The Bertz CT molecular complexity index is 1200. The summed E-state index contributed by atoms with van der Waals surface area (Å²) in [7, 11) is 0. The number of hydrogen-bond donors (Lipinski definition) is 1. The lowest BCUT2D eigenvalue weighted by molar-refractivity contribution is -0.683. The monoisotopic (exact) mass is 656 g/mol. The third kappa shape index (κ3) is 12.6. The number of hydrogen-bond acceptors (Lipinski definition) is 3. The first-order valence-corrected chi connectivity index (χ1v) is 16.8. The number of nitrogens with zero attached hydrogens (tertiary/aromatic N) is 1. The zero-order chi connectivity index (χ0) is 29.5. The summed E-state index contributed by atoms with van der Waals surface area (Å²) in [6.45, 7) is 12.3. The smallest absolute Gasteiger partial charge is 0.259 e. The van der Waals surface area contributed by atoms with Crippen LogP contribution in [0.1, 0.15) is 131 Å². The van der Waals surface area contributed by atoms with Crippen LogP contribution < -0.4 is 31.6 Å². The molecule has 1 N–H and O–H groups in total. The van der Waals surface area contributed by atoms with Gasteiger partial charge >= 0.3 is 0 Å². The van der Waals surface area contributed by atoms with Crippen LogP contribution in [0.25, 0.3) is 0 Å². The molecule has 0 aliphatic rings. The van der Waals surface area contributed by atoms with Gasteiger partial charge < -0.3 is 27.0 Å². The summed E-state index contributed by atoms with van der Waals surface area (Å²) in [4.78, 5) is 14.8. The number of aromatic nitrogens is 1. The quantitative estimate of drug-likeness (QED) is 0.118. The van der Waals surface area contributed by atoms with Gasteiger partial charge in [0.15, 0.2) is 12.7 Å².